The molecule has 136 valence electrons. The van der Waals surface area contributed by atoms with Gasteiger partial charge in [0.1, 0.15) is 6.04 Å². The fourth-order valence-corrected chi connectivity index (χ4v) is 3.38. The van der Waals surface area contributed by atoms with Gasteiger partial charge in [0.2, 0.25) is 0 Å². The third-order valence-electron chi connectivity index (χ3n) is 4.13. The van der Waals surface area contributed by atoms with Crippen molar-refractivity contribution in [1.29, 1.82) is 0 Å². The molecule has 1 aromatic heterocycles. The van der Waals surface area contributed by atoms with E-state index in [1.807, 2.05) is 6.07 Å². The van der Waals surface area contributed by atoms with E-state index in [1.165, 1.54) is 4.90 Å². The number of hydrogen-bond donors (Lipinski definition) is 1. The third-order valence-corrected chi connectivity index (χ3v) is 4.48. The molecule has 2 bridgehead atoms. The molecular weight excluding hydrogens is 354 g/mol. The Morgan fingerprint density at radius 1 is 1.40 bits per heavy atom. The summed E-state index contributed by atoms with van der Waals surface area (Å²) in [6.07, 6.45) is 4.51. The lowest BCUT2D eigenvalue weighted by Gasteiger charge is -2.28. The highest BCUT2D eigenvalue weighted by molar-refractivity contribution is 7.80. The van der Waals surface area contributed by atoms with Gasteiger partial charge in [-0.3, -0.25) is 9.54 Å². The van der Waals surface area contributed by atoms with Crippen molar-refractivity contribution >= 4 is 22.4 Å². The van der Waals surface area contributed by atoms with Crippen LogP contribution in [0.2, 0.25) is 0 Å². The zero-order valence-electron chi connectivity index (χ0n) is 13.1. The van der Waals surface area contributed by atoms with Gasteiger partial charge in [0.25, 0.3) is 0 Å². The first-order valence-corrected chi connectivity index (χ1v) is 9.04. The molecule has 10 nitrogen and oxygen atoms in total. The summed E-state index contributed by atoms with van der Waals surface area (Å²) in [5, 5.41) is 0.595. The van der Waals surface area contributed by atoms with Crippen LogP contribution in [0.5, 0.6) is 0 Å². The van der Waals surface area contributed by atoms with Crippen LogP contribution < -0.4 is 0 Å². The summed E-state index contributed by atoms with van der Waals surface area (Å²) in [5.41, 5.74) is 0.920. The second kappa shape index (κ2) is 6.94. The number of nitrogens with zero attached hydrogens (tertiary/aromatic N) is 3. The van der Waals surface area contributed by atoms with E-state index in [9.17, 15) is 18.0 Å². The Hall–Kier alpha value is -2.24. The fraction of sp³-hybridized carbons (Fsp3) is 0.500. The van der Waals surface area contributed by atoms with E-state index >= 15 is 0 Å². The standard InChI is InChI=1S/C14H17N3O7S/c18-13(23-7-5-10-2-1-6-15-8-10)12-4-3-11-9-16(12)14(19)17(11)24-25(20,21)22/h1-2,6,8,11-12H,3-5,7,9H2,(H,20,21,22)/t11-,12?/m1/s1. The van der Waals surface area contributed by atoms with Crippen molar-refractivity contribution in [2.45, 2.75) is 31.3 Å². The summed E-state index contributed by atoms with van der Waals surface area (Å²) in [7, 11) is -4.81. The Morgan fingerprint density at radius 3 is 2.88 bits per heavy atom. The molecule has 0 radical (unpaired) electrons. The van der Waals surface area contributed by atoms with E-state index in [0.29, 0.717) is 24.3 Å². The number of urea groups is 1. The minimum Gasteiger partial charge on any atom is -0.464 e. The first-order chi connectivity index (χ1) is 11.8. The number of hydroxylamine groups is 2. The number of carbonyl (C=O) groups is 2. The van der Waals surface area contributed by atoms with E-state index in [1.54, 1.807) is 18.5 Å². The second-order valence-electron chi connectivity index (χ2n) is 5.79. The highest BCUT2D eigenvalue weighted by atomic mass is 32.3. The molecular formula is C14H17N3O7S. The average molecular weight is 371 g/mol. The molecule has 2 amide bonds. The number of aromatic nitrogens is 1. The summed E-state index contributed by atoms with van der Waals surface area (Å²) in [5.74, 6) is -0.551. The second-order valence-corrected chi connectivity index (χ2v) is 6.79. The quantitative estimate of drug-likeness (QED) is 0.554. The summed E-state index contributed by atoms with van der Waals surface area (Å²) in [6.45, 7) is 0.286. The molecule has 3 rings (SSSR count). The molecule has 3 heterocycles. The fourth-order valence-electron chi connectivity index (χ4n) is 2.99. The Balaban J connectivity index is 1.57. The van der Waals surface area contributed by atoms with Crippen molar-refractivity contribution in [3.63, 3.8) is 0 Å². The van der Waals surface area contributed by atoms with E-state index in [-0.39, 0.29) is 13.2 Å². The van der Waals surface area contributed by atoms with Crippen molar-refractivity contribution in [2.75, 3.05) is 13.2 Å². The number of rotatable bonds is 6. The monoisotopic (exact) mass is 371 g/mol. The molecule has 0 aromatic carbocycles. The van der Waals surface area contributed by atoms with Crippen LogP contribution in [0.4, 0.5) is 4.79 Å². The summed E-state index contributed by atoms with van der Waals surface area (Å²) >= 11 is 0. The van der Waals surface area contributed by atoms with Crippen molar-refractivity contribution in [1.82, 2.24) is 14.9 Å². The lowest BCUT2D eigenvalue weighted by molar-refractivity contribution is -0.149. The predicted molar refractivity (Wildman–Crippen MR) is 82.3 cm³/mol. The SMILES string of the molecule is O=C(OCCc1cccnc1)C1CC[C@@H]2CN1C(=O)N2OS(=O)(=O)O. The molecule has 2 aliphatic heterocycles. The normalized spacial score (nSPS) is 23.0. The van der Waals surface area contributed by atoms with Crippen LogP contribution in [0.1, 0.15) is 18.4 Å². The first-order valence-electron chi connectivity index (χ1n) is 7.67. The number of piperidine rings is 1. The maximum Gasteiger partial charge on any atom is 0.418 e. The molecule has 1 aromatic rings. The highest BCUT2D eigenvalue weighted by Gasteiger charge is 2.49. The predicted octanol–water partition coefficient (Wildman–Crippen LogP) is 0.170. The topological polar surface area (TPSA) is 126 Å². The summed E-state index contributed by atoms with van der Waals surface area (Å²) < 4.78 is 40.0. The average Bonchev–Trinajstić information content (AvgIpc) is 2.79. The van der Waals surface area contributed by atoms with Gasteiger partial charge >= 0.3 is 22.4 Å². The number of amides is 2. The van der Waals surface area contributed by atoms with Gasteiger partial charge in [0.15, 0.2) is 0 Å². The van der Waals surface area contributed by atoms with Crippen molar-refractivity contribution in [3.8, 4) is 0 Å². The lowest BCUT2D eigenvalue weighted by Crippen LogP contribution is -2.46. The molecule has 2 aliphatic rings. The van der Waals surface area contributed by atoms with Crippen LogP contribution in [0.25, 0.3) is 0 Å². The molecule has 0 saturated carbocycles. The number of fused-ring (bicyclic) bond motifs is 2. The van der Waals surface area contributed by atoms with Gasteiger partial charge in [-0.1, -0.05) is 6.07 Å². The van der Waals surface area contributed by atoms with E-state index in [2.05, 4.69) is 9.27 Å². The Labute approximate surface area is 144 Å². The molecule has 1 N–H and O–H groups in total. The molecule has 2 fully saturated rings. The van der Waals surface area contributed by atoms with Crippen LogP contribution in [0, 0.1) is 0 Å². The minimum absolute atomic E-state index is 0.136. The van der Waals surface area contributed by atoms with E-state index < -0.39 is 34.5 Å². The number of ether oxygens (including phenoxy) is 1. The molecule has 2 saturated heterocycles. The molecule has 1 unspecified atom stereocenters. The molecule has 2 atom stereocenters. The number of carbonyl (C=O) groups excluding carboxylic acids is 2. The molecule has 0 aliphatic carbocycles. The zero-order valence-corrected chi connectivity index (χ0v) is 14.0. The Bertz CT molecular complexity index is 755. The zero-order chi connectivity index (χ0) is 18.0. The van der Waals surface area contributed by atoms with Gasteiger partial charge in [0.05, 0.1) is 12.6 Å². The maximum atomic E-state index is 12.3. The smallest absolute Gasteiger partial charge is 0.418 e. The highest BCUT2D eigenvalue weighted by Crippen LogP contribution is 2.31. The lowest BCUT2D eigenvalue weighted by atomic mass is 10.0. The van der Waals surface area contributed by atoms with Crippen LogP contribution >= 0.6 is 0 Å². The minimum atomic E-state index is -4.81. The van der Waals surface area contributed by atoms with Gasteiger partial charge < -0.3 is 9.64 Å². The Kier molecular flexibility index (Phi) is 4.88. The molecule has 25 heavy (non-hydrogen) atoms. The van der Waals surface area contributed by atoms with Crippen LogP contribution in [0.15, 0.2) is 24.5 Å². The summed E-state index contributed by atoms with van der Waals surface area (Å²) in [4.78, 5) is 29.6. The Morgan fingerprint density at radius 2 is 2.20 bits per heavy atom. The van der Waals surface area contributed by atoms with Gasteiger partial charge in [-0.15, -0.1) is 4.28 Å². The number of hydrogen-bond acceptors (Lipinski definition) is 7. The molecule has 11 heteroatoms. The summed E-state index contributed by atoms with van der Waals surface area (Å²) in [6, 6.07) is 1.53. The van der Waals surface area contributed by atoms with E-state index in [0.717, 1.165) is 5.56 Å². The van der Waals surface area contributed by atoms with Gasteiger partial charge in [-0.2, -0.15) is 13.5 Å². The third kappa shape index (κ3) is 4.06. The van der Waals surface area contributed by atoms with Crippen molar-refractivity contribution in [3.05, 3.63) is 30.1 Å². The van der Waals surface area contributed by atoms with Crippen LogP contribution in [-0.2, 0) is 30.6 Å². The number of pyridine rings is 1. The first kappa shape index (κ1) is 17.6. The van der Waals surface area contributed by atoms with Gasteiger partial charge in [-0.05, 0) is 24.5 Å². The van der Waals surface area contributed by atoms with Crippen molar-refractivity contribution < 1.29 is 31.6 Å². The van der Waals surface area contributed by atoms with Crippen LogP contribution in [-0.4, -0.2) is 65.2 Å². The largest absolute Gasteiger partial charge is 0.464 e. The van der Waals surface area contributed by atoms with E-state index in [4.69, 9.17) is 9.29 Å². The van der Waals surface area contributed by atoms with Gasteiger partial charge in [0, 0.05) is 25.4 Å². The maximum absolute atomic E-state index is 12.3. The van der Waals surface area contributed by atoms with Crippen molar-refractivity contribution in [2.24, 2.45) is 0 Å². The molecule has 0 spiro atoms. The van der Waals surface area contributed by atoms with Crippen LogP contribution in [0.3, 0.4) is 0 Å². The number of esters is 1. The van der Waals surface area contributed by atoms with Gasteiger partial charge in [-0.25, -0.2) is 9.59 Å².